The Hall–Kier alpha value is -2.86. The van der Waals surface area contributed by atoms with Gasteiger partial charge in [-0.25, -0.2) is 4.79 Å². The molecule has 0 fully saturated rings. The van der Waals surface area contributed by atoms with Gasteiger partial charge in [-0.15, -0.1) is 0 Å². The molecule has 2 rings (SSSR count). The number of rotatable bonds is 7. The van der Waals surface area contributed by atoms with Gasteiger partial charge in [0.1, 0.15) is 6.42 Å². The van der Waals surface area contributed by atoms with Crippen LogP contribution in [0.3, 0.4) is 0 Å². The molecule has 0 atom stereocenters. The predicted molar refractivity (Wildman–Crippen MR) is 99.2 cm³/mol. The molecular formula is C19H19ClN2O4. The Morgan fingerprint density at radius 1 is 0.962 bits per heavy atom. The van der Waals surface area contributed by atoms with E-state index >= 15 is 0 Å². The van der Waals surface area contributed by atoms with Crippen molar-refractivity contribution in [1.82, 2.24) is 5.32 Å². The molecule has 0 saturated carbocycles. The summed E-state index contributed by atoms with van der Waals surface area (Å²) in [5, 5.41) is 5.97. The number of carbonyl (C=O) groups excluding carboxylic acids is 3. The van der Waals surface area contributed by atoms with Crippen LogP contribution in [0, 0.1) is 0 Å². The molecule has 7 heteroatoms. The van der Waals surface area contributed by atoms with Crippen molar-refractivity contribution in [1.29, 1.82) is 0 Å². The molecule has 0 saturated heterocycles. The molecule has 0 aliphatic heterocycles. The number of hydrogen-bond acceptors (Lipinski definition) is 4. The highest BCUT2D eigenvalue weighted by Crippen LogP contribution is 2.11. The minimum atomic E-state index is -0.456. The Morgan fingerprint density at radius 3 is 2.23 bits per heavy atom. The number of methoxy groups -OCH3 is 1. The van der Waals surface area contributed by atoms with E-state index in [4.69, 9.17) is 11.6 Å². The lowest BCUT2D eigenvalue weighted by molar-refractivity contribution is -0.126. The van der Waals surface area contributed by atoms with Gasteiger partial charge in [0.2, 0.25) is 11.8 Å². The molecule has 6 nitrogen and oxygen atoms in total. The molecule has 0 spiro atoms. The van der Waals surface area contributed by atoms with Crippen molar-refractivity contribution in [2.24, 2.45) is 0 Å². The van der Waals surface area contributed by atoms with Gasteiger partial charge in [0, 0.05) is 17.3 Å². The van der Waals surface area contributed by atoms with Crippen LogP contribution in [0.4, 0.5) is 5.69 Å². The normalized spacial score (nSPS) is 10.1. The molecule has 2 aromatic rings. The van der Waals surface area contributed by atoms with Crippen LogP contribution in [-0.2, 0) is 20.7 Å². The third-order valence-electron chi connectivity index (χ3n) is 3.56. The smallest absolute Gasteiger partial charge is 0.337 e. The quantitative estimate of drug-likeness (QED) is 0.576. The maximum atomic E-state index is 11.9. The summed E-state index contributed by atoms with van der Waals surface area (Å²) in [6.07, 6.45) is 0.374. The molecule has 2 N–H and O–H groups in total. The molecule has 0 heterocycles. The number of nitrogens with one attached hydrogen (secondary N) is 2. The average Bonchev–Trinajstić information content (AvgIpc) is 2.63. The van der Waals surface area contributed by atoms with Gasteiger partial charge in [0.15, 0.2) is 0 Å². The van der Waals surface area contributed by atoms with Gasteiger partial charge in [-0.3, -0.25) is 9.59 Å². The van der Waals surface area contributed by atoms with Crippen molar-refractivity contribution >= 4 is 35.1 Å². The predicted octanol–water partition coefficient (Wildman–Crippen LogP) is 2.81. The first kappa shape index (κ1) is 19.5. The van der Waals surface area contributed by atoms with Crippen molar-refractivity contribution in [2.75, 3.05) is 19.0 Å². The monoisotopic (exact) mass is 374 g/mol. The van der Waals surface area contributed by atoms with Crippen LogP contribution < -0.4 is 10.6 Å². The zero-order chi connectivity index (χ0) is 18.9. The number of halogens is 1. The SMILES string of the molecule is COC(=O)c1ccc(NC(=O)CC(=O)NCCc2ccc(Cl)cc2)cc1. The van der Waals surface area contributed by atoms with Crippen molar-refractivity contribution < 1.29 is 19.1 Å². The molecule has 0 bridgehead atoms. The zero-order valence-corrected chi connectivity index (χ0v) is 15.0. The second kappa shape index (κ2) is 9.58. The van der Waals surface area contributed by atoms with E-state index in [0.29, 0.717) is 29.2 Å². The number of amides is 2. The molecule has 0 aromatic heterocycles. The molecule has 0 aliphatic rings. The van der Waals surface area contributed by atoms with Crippen LogP contribution in [0.15, 0.2) is 48.5 Å². The molecule has 2 aromatic carbocycles. The molecule has 0 aliphatic carbocycles. The van der Waals surface area contributed by atoms with Gasteiger partial charge in [0.05, 0.1) is 12.7 Å². The number of carbonyl (C=O) groups is 3. The highest BCUT2D eigenvalue weighted by Gasteiger charge is 2.10. The van der Waals surface area contributed by atoms with E-state index in [2.05, 4.69) is 15.4 Å². The summed E-state index contributed by atoms with van der Waals surface area (Å²) in [6, 6.07) is 13.6. The van der Waals surface area contributed by atoms with E-state index in [1.165, 1.54) is 19.2 Å². The average molecular weight is 375 g/mol. The van der Waals surface area contributed by atoms with E-state index in [-0.39, 0.29) is 12.3 Å². The number of benzene rings is 2. The van der Waals surface area contributed by atoms with Crippen molar-refractivity contribution in [2.45, 2.75) is 12.8 Å². The van der Waals surface area contributed by atoms with Gasteiger partial charge in [0.25, 0.3) is 0 Å². The summed E-state index contributed by atoms with van der Waals surface area (Å²) in [5.41, 5.74) is 1.92. The Morgan fingerprint density at radius 2 is 1.62 bits per heavy atom. The topological polar surface area (TPSA) is 84.5 Å². The fourth-order valence-electron chi connectivity index (χ4n) is 2.22. The summed E-state index contributed by atoms with van der Waals surface area (Å²) in [4.78, 5) is 35.0. The van der Waals surface area contributed by atoms with E-state index in [1.807, 2.05) is 12.1 Å². The van der Waals surface area contributed by atoms with Gasteiger partial charge >= 0.3 is 5.97 Å². The lowest BCUT2D eigenvalue weighted by atomic mass is 10.1. The van der Waals surface area contributed by atoms with Crippen molar-refractivity contribution in [3.63, 3.8) is 0 Å². The Bertz CT molecular complexity index is 773. The maximum absolute atomic E-state index is 11.9. The summed E-state index contributed by atoms with van der Waals surface area (Å²) >= 11 is 5.81. The van der Waals surface area contributed by atoms with Crippen molar-refractivity contribution in [3.05, 3.63) is 64.7 Å². The first-order chi connectivity index (χ1) is 12.5. The minimum Gasteiger partial charge on any atom is -0.465 e. The van der Waals surface area contributed by atoms with E-state index in [1.54, 1.807) is 24.3 Å². The number of hydrogen-bond donors (Lipinski definition) is 2. The Kier molecular flexibility index (Phi) is 7.17. The molecule has 136 valence electrons. The Labute approximate surface area is 156 Å². The second-order valence-corrected chi connectivity index (χ2v) is 5.96. The number of esters is 1. The van der Waals surface area contributed by atoms with Gasteiger partial charge in [-0.05, 0) is 48.4 Å². The van der Waals surface area contributed by atoms with E-state index < -0.39 is 11.9 Å². The second-order valence-electron chi connectivity index (χ2n) is 5.52. The van der Waals surface area contributed by atoms with Gasteiger partial charge < -0.3 is 15.4 Å². The van der Waals surface area contributed by atoms with Crippen molar-refractivity contribution in [3.8, 4) is 0 Å². The zero-order valence-electron chi connectivity index (χ0n) is 14.3. The molecular weight excluding hydrogens is 356 g/mol. The summed E-state index contributed by atoms with van der Waals surface area (Å²) in [7, 11) is 1.30. The first-order valence-corrected chi connectivity index (χ1v) is 8.35. The summed E-state index contributed by atoms with van der Waals surface area (Å²) in [5.74, 6) is -1.25. The highest BCUT2D eigenvalue weighted by atomic mass is 35.5. The summed E-state index contributed by atoms with van der Waals surface area (Å²) < 4.78 is 4.60. The van der Waals surface area contributed by atoms with Crippen LogP contribution in [0.1, 0.15) is 22.3 Å². The maximum Gasteiger partial charge on any atom is 0.337 e. The van der Waals surface area contributed by atoms with Gasteiger partial charge in [-0.1, -0.05) is 23.7 Å². The van der Waals surface area contributed by atoms with Crippen LogP contribution in [0.2, 0.25) is 5.02 Å². The van der Waals surface area contributed by atoms with E-state index in [0.717, 1.165) is 5.56 Å². The third kappa shape index (κ3) is 6.22. The molecule has 2 amide bonds. The summed E-state index contributed by atoms with van der Waals surface area (Å²) in [6.45, 7) is 0.432. The van der Waals surface area contributed by atoms with Crippen LogP contribution in [-0.4, -0.2) is 31.4 Å². The number of anilines is 1. The van der Waals surface area contributed by atoms with Crippen LogP contribution >= 0.6 is 11.6 Å². The first-order valence-electron chi connectivity index (χ1n) is 7.97. The molecule has 26 heavy (non-hydrogen) atoms. The highest BCUT2D eigenvalue weighted by molar-refractivity contribution is 6.30. The molecule has 0 unspecified atom stereocenters. The lowest BCUT2D eigenvalue weighted by Crippen LogP contribution is -2.29. The Balaban J connectivity index is 1.73. The fourth-order valence-corrected chi connectivity index (χ4v) is 2.34. The standard InChI is InChI=1S/C19H19ClN2O4/c1-26-19(25)14-4-8-16(9-5-14)22-18(24)12-17(23)21-11-10-13-2-6-15(20)7-3-13/h2-9H,10-12H2,1H3,(H,21,23)(H,22,24). The third-order valence-corrected chi connectivity index (χ3v) is 3.81. The fraction of sp³-hybridized carbons (Fsp3) is 0.211. The molecule has 0 radical (unpaired) electrons. The van der Waals surface area contributed by atoms with Crippen LogP contribution in [0.5, 0.6) is 0 Å². The number of ether oxygens (including phenoxy) is 1. The van der Waals surface area contributed by atoms with Crippen LogP contribution in [0.25, 0.3) is 0 Å². The van der Waals surface area contributed by atoms with Gasteiger partial charge in [-0.2, -0.15) is 0 Å². The minimum absolute atomic E-state index is 0.278. The van der Waals surface area contributed by atoms with E-state index in [9.17, 15) is 14.4 Å². The largest absolute Gasteiger partial charge is 0.465 e. The lowest BCUT2D eigenvalue weighted by Gasteiger charge is -2.07.